The summed E-state index contributed by atoms with van der Waals surface area (Å²) in [6.45, 7) is 4.65. The highest BCUT2D eigenvalue weighted by Gasteiger charge is 2.44. The third kappa shape index (κ3) is 3.50. The van der Waals surface area contributed by atoms with Crippen molar-refractivity contribution in [2.24, 2.45) is 0 Å². The van der Waals surface area contributed by atoms with Crippen LogP contribution in [0.2, 0.25) is 0 Å². The Morgan fingerprint density at radius 3 is 2.40 bits per heavy atom. The van der Waals surface area contributed by atoms with Crippen LogP contribution < -0.4 is 4.90 Å². The monoisotopic (exact) mass is 363 g/mol. The van der Waals surface area contributed by atoms with E-state index in [-0.39, 0.29) is 19.0 Å². The second-order valence-corrected chi connectivity index (χ2v) is 7.93. The van der Waals surface area contributed by atoms with Gasteiger partial charge in [0.25, 0.3) is 0 Å². The number of para-hydroxylation sites is 1. The molecule has 3 rings (SSSR count). The molecule has 0 bridgehead atoms. The van der Waals surface area contributed by atoms with Gasteiger partial charge >= 0.3 is 7.60 Å². The van der Waals surface area contributed by atoms with E-state index in [1.807, 2.05) is 29.2 Å². The molecule has 0 amide bonds. The van der Waals surface area contributed by atoms with Crippen LogP contribution in [0.25, 0.3) is 0 Å². The molecule has 0 aliphatic carbocycles. The van der Waals surface area contributed by atoms with Gasteiger partial charge in [-0.15, -0.1) is 0 Å². The molecule has 0 saturated heterocycles. The van der Waals surface area contributed by atoms with Crippen molar-refractivity contribution in [2.45, 2.75) is 26.1 Å². The zero-order valence-corrected chi connectivity index (χ0v) is 15.4. The molecular formula is C19H23FNO3P. The second-order valence-electron chi connectivity index (χ2n) is 5.84. The van der Waals surface area contributed by atoms with E-state index in [4.69, 9.17) is 9.05 Å². The summed E-state index contributed by atoms with van der Waals surface area (Å²) in [5, 5.41) is 0. The van der Waals surface area contributed by atoms with Gasteiger partial charge in [0.2, 0.25) is 0 Å². The van der Waals surface area contributed by atoms with Crippen LogP contribution in [0.3, 0.4) is 0 Å². The lowest BCUT2D eigenvalue weighted by Crippen LogP contribution is -2.36. The third-order valence-electron chi connectivity index (χ3n) is 4.33. The minimum atomic E-state index is -3.51. The summed E-state index contributed by atoms with van der Waals surface area (Å²) in [5.74, 6) is -0.999. The highest BCUT2D eigenvalue weighted by atomic mass is 31.2. The number of halogens is 1. The lowest BCUT2D eigenvalue weighted by molar-refractivity contribution is 0.210. The van der Waals surface area contributed by atoms with Crippen molar-refractivity contribution in [3.8, 4) is 0 Å². The highest BCUT2D eigenvalue weighted by Crippen LogP contribution is 2.64. The molecule has 0 fully saturated rings. The fourth-order valence-electron chi connectivity index (χ4n) is 3.36. The van der Waals surface area contributed by atoms with E-state index >= 15 is 0 Å². The van der Waals surface area contributed by atoms with Crippen molar-refractivity contribution in [3.05, 3.63) is 65.5 Å². The van der Waals surface area contributed by atoms with E-state index in [0.29, 0.717) is 12.2 Å². The summed E-state index contributed by atoms with van der Waals surface area (Å²) < 4.78 is 39.3. The average molecular weight is 363 g/mol. The normalized spacial score (nSPS) is 17.4. The first kappa shape index (κ1) is 18.1. The quantitative estimate of drug-likeness (QED) is 0.665. The first-order valence-electron chi connectivity index (χ1n) is 8.58. The summed E-state index contributed by atoms with van der Waals surface area (Å²) in [6.07, 6.45) is 0.749. The third-order valence-corrected chi connectivity index (χ3v) is 6.72. The van der Waals surface area contributed by atoms with Crippen molar-refractivity contribution >= 4 is 13.3 Å². The molecule has 4 nitrogen and oxygen atoms in total. The Kier molecular flexibility index (Phi) is 5.57. The lowest BCUT2D eigenvalue weighted by atomic mass is 9.99. The number of anilines is 1. The van der Waals surface area contributed by atoms with Gasteiger partial charge in [-0.25, -0.2) is 4.39 Å². The molecule has 2 aromatic rings. The Balaban J connectivity index is 2.15. The SMILES string of the molecule is CCOP(=O)(OCC)C1c2ccccc2CCN1c1ccccc1F. The van der Waals surface area contributed by atoms with Crippen LogP contribution in [0.1, 0.15) is 30.8 Å². The molecule has 0 saturated carbocycles. The average Bonchev–Trinajstić information content (AvgIpc) is 2.61. The smallest absolute Gasteiger partial charge is 0.351 e. The molecule has 134 valence electrons. The van der Waals surface area contributed by atoms with E-state index in [2.05, 4.69) is 0 Å². The Morgan fingerprint density at radius 1 is 1.08 bits per heavy atom. The van der Waals surface area contributed by atoms with Gasteiger partial charge in [0.05, 0.1) is 18.9 Å². The van der Waals surface area contributed by atoms with E-state index in [0.717, 1.165) is 17.5 Å². The fraction of sp³-hybridized carbons (Fsp3) is 0.368. The Hall–Kier alpha value is -1.68. The van der Waals surface area contributed by atoms with Gasteiger partial charge in [0.1, 0.15) is 5.82 Å². The maximum atomic E-state index is 14.5. The van der Waals surface area contributed by atoms with E-state index in [9.17, 15) is 8.96 Å². The summed E-state index contributed by atoms with van der Waals surface area (Å²) in [6, 6.07) is 14.4. The van der Waals surface area contributed by atoms with Crippen LogP contribution in [0.4, 0.5) is 10.1 Å². The second kappa shape index (κ2) is 7.69. The number of hydrogen-bond donors (Lipinski definition) is 0. The minimum absolute atomic E-state index is 0.265. The van der Waals surface area contributed by atoms with Gasteiger partial charge in [-0.05, 0) is 43.5 Å². The van der Waals surface area contributed by atoms with Crippen LogP contribution in [0, 0.1) is 5.82 Å². The molecule has 1 unspecified atom stereocenters. The Morgan fingerprint density at radius 2 is 1.72 bits per heavy atom. The predicted molar refractivity (Wildman–Crippen MR) is 97.5 cm³/mol. The summed E-state index contributed by atoms with van der Waals surface area (Å²) in [5.41, 5.74) is 2.39. The van der Waals surface area contributed by atoms with Crippen molar-refractivity contribution < 1.29 is 18.0 Å². The van der Waals surface area contributed by atoms with Crippen molar-refractivity contribution in [1.29, 1.82) is 0 Å². The highest BCUT2D eigenvalue weighted by molar-refractivity contribution is 7.54. The molecule has 25 heavy (non-hydrogen) atoms. The molecule has 0 radical (unpaired) electrons. The number of nitrogens with zero attached hydrogens (tertiary/aromatic N) is 1. The largest absolute Gasteiger partial charge is 0.357 e. The van der Waals surface area contributed by atoms with Crippen LogP contribution in [0.5, 0.6) is 0 Å². The van der Waals surface area contributed by atoms with E-state index in [1.165, 1.54) is 6.07 Å². The lowest BCUT2D eigenvalue weighted by Gasteiger charge is -2.41. The maximum Gasteiger partial charge on any atom is 0.357 e. The Bertz CT molecular complexity index is 773. The molecule has 2 aromatic carbocycles. The number of benzene rings is 2. The molecule has 6 heteroatoms. The maximum absolute atomic E-state index is 14.5. The van der Waals surface area contributed by atoms with Crippen molar-refractivity contribution in [1.82, 2.24) is 0 Å². The van der Waals surface area contributed by atoms with Crippen LogP contribution in [0.15, 0.2) is 48.5 Å². The molecular weight excluding hydrogens is 340 g/mol. The molecule has 1 heterocycles. The summed E-state index contributed by atoms with van der Waals surface area (Å²) in [7, 11) is -3.51. The van der Waals surface area contributed by atoms with E-state index in [1.54, 1.807) is 32.0 Å². The van der Waals surface area contributed by atoms with Crippen LogP contribution in [-0.4, -0.2) is 19.8 Å². The molecule has 0 aromatic heterocycles. The molecule has 0 N–H and O–H groups in total. The molecule has 1 aliphatic heterocycles. The summed E-state index contributed by atoms with van der Waals surface area (Å²) >= 11 is 0. The van der Waals surface area contributed by atoms with Gasteiger partial charge in [-0.2, -0.15) is 0 Å². The zero-order chi connectivity index (χ0) is 17.9. The minimum Gasteiger partial charge on any atom is -0.351 e. The predicted octanol–water partition coefficient (Wildman–Crippen LogP) is 5.15. The topological polar surface area (TPSA) is 38.8 Å². The molecule has 0 spiro atoms. The van der Waals surface area contributed by atoms with Crippen molar-refractivity contribution in [3.63, 3.8) is 0 Å². The molecule has 1 atom stereocenters. The van der Waals surface area contributed by atoms with Crippen molar-refractivity contribution in [2.75, 3.05) is 24.7 Å². The van der Waals surface area contributed by atoms with Gasteiger partial charge in [0, 0.05) is 6.54 Å². The van der Waals surface area contributed by atoms with Gasteiger partial charge in [-0.1, -0.05) is 36.4 Å². The zero-order valence-electron chi connectivity index (χ0n) is 14.5. The van der Waals surface area contributed by atoms with E-state index < -0.39 is 13.4 Å². The van der Waals surface area contributed by atoms with Gasteiger partial charge in [-0.3, -0.25) is 4.57 Å². The summed E-state index contributed by atoms with van der Waals surface area (Å²) in [4.78, 5) is 1.82. The first-order valence-corrected chi connectivity index (χ1v) is 10.2. The Labute approximate surface area is 148 Å². The van der Waals surface area contributed by atoms with Gasteiger partial charge in [0.15, 0.2) is 5.78 Å². The molecule has 1 aliphatic rings. The van der Waals surface area contributed by atoms with Gasteiger partial charge < -0.3 is 13.9 Å². The fourth-order valence-corrected chi connectivity index (χ4v) is 5.61. The first-order chi connectivity index (χ1) is 12.1. The van der Waals surface area contributed by atoms with Crippen LogP contribution in [-0.2, 0) is 20.0 Å². The standard InChI is InChI=1S/C19H23FNO3P/c1-3-23-25(22,24-4-2)19-16-10-6-5-9-15(16)13-14-21(19)18-12-8-7-11-17(18)20/h5-12,19H,3-4,13-14H2,1-2H3. The number of rotatable bonds is 6. The van der Waals surface area contributed by atoms with Crippen LogP contribution >= 0.6 is 7.60 Å². The number of hydrogen-bond acceptors (Lipinski definition) is 4. The number of fused-ring (bicyclic) bond motifs is 1.